The zero-order valence-corrected chi connectivity index (χ0v) is 12.5. The van der Waals surface area contributed by atoms with Gasteiger partial charge in [0.25, 0.3) is 5.56 Å². The number of carboxylic acids is 1. The van der Waals surface area contributed by atoms with Crippen molar-refractivity contribution in [1.82, 2.24) is 14.9 Å². The molecule has 1 aliphatic carbocycles. The summed E-state index contributed by atoms with van der Waals surface area (Å²) in [5, 5.41) is 14.1. The predicted octanol–water partition coefficient (Wildman–Crippen LogP) is 0.827. The number of carboxylic acid groups (broad SMARTS) is 1. The van der Waals surface area contributed by atoms with Gasteiger partial charge in [-0.15, -0.1) is 11.3 Å². The fraction of sp³-hybridized carbons (Fsp3) is 0.429. The van der Waals surface area contributed by atoms with Crippen LogP contribution in [0.2, 0.25) is 0 Å². The number of aromatic nitrogens is 2. The largest absolute Gasteiger partial charge is 0.481 e. The van der Waals surface area contributed by atoms with Gasteiger partial charge in [0.2, 0.25) is 5.91 Å². The first-order valence-corrected chi connectivity index (χ1v) is 7.89. The van der Waals surface area contributed by atoms with Crippen molar-refractivity contribution in [3.63, 3.8) is 0 Å². The highest BCUT2D eigenvalue weighted by atomic mass is 32.1. The first-order valence-electron chi connectivity index (χ1n) is 7.01. The zero-order chi connectivity index (χ0) is 15.7. The van der Waals surface area contributed by atoms with Gasteiger partial charge >= 0.3 is 5.97 Å². The topological polar surface area (TPSA) is 101 Å². The predicted molar refractivity (Wildman–Crippen MR) is 80.8 cm³/mol. The maximum absolute atomic E-state index is 12.2. The van der Waals surface area contributed by atoms with Gasteiger partial charge in [0.15, 0.2) is 0 Å². The molecule has 1 amide bonds. The van der Waals surface area contributed by atoms with Gasteiger partial charge in [0, 0.05) is 6.04 Å². The van der Waals surface area contributed by atoms with Crippen molar-refractivity contribution in [3.8, 4) is 0 Å². The van der Waals surface area contributed by atoms with Crippen molar-refractivity contribution in [1.29, 1.82) is 0 Å². The summed E-state index contributed by atoms with van der Waals surface area (Å²) in [6, 6.07) is 1.32. The third-order valence-electron chi connectivity index (χ3n) is 3.94. The van der Waals surface area contributed by atoms with Crippen LogP contribution in [-0.4, -0.2) is 32.6 Å². The Balaban J connectivity index is 1.72. The Labute approximate surface area is 129 Å². The fourth-order valence-electron chi connectivity index (χ4n) is 2.84. The number of fused-ring (bicyclic) bond motifs is 1. The van der Waals surface area contributed by atoms with Crippen molar-refractivity contribution in [2.45, 2.75) is 31.8 Å². The van der Waals surface area contributed by atoms with Gasteiger partial charge in [-0.1, -0.05) is 6.42 Å². The molecule has 0 unspecified atom stereocenters. The Morgan fingerprint density at radius 1 is 1.45 bits per heavy atom. The van der Waals surface area contributed by atoms with Gasteiger partial charge in [-0.25, -0.2) is 4.98 Å². The van der Waals surface area contributed by atoms with E-state index in [0.29, 0.717) is 23.1 Å². The second kappa shape index (κ2) is 5.88. The molecule has 0 spiro atoms. The van der Waals surface area contributed by atoms with E-state index in [2.05, 4.69) is 10.3 Å². The molecular formula is C14H15N3O4S. The van der Waals surface area contributed by atoms with E-state index in [1.807, 2.05) is 0 Å². The highest BCUT2D eigenvalue weighted by Crippen LogP contribution is 2.25. The lowest BCUT2D eigenvalue weighted by molar-refractivity contribution is -0.142. The average molecular weight is 321 g/mol. The third kappa shape index (κ3) is 2.74. The number of rotatable bonds is 4. The Morgan fingerprint density at radius 2 is 2.27 bits per heavy atom. The summed E-state index contributed by atoms with van der Waals surface area (Å²) in [5.41, 5.74) is -0.261. The number of nitrogens with zero attached hydrogens (tertiary/aromatic N) is 2. The van der Waals surface area contributed by atoms with Crippen LogP contribution in [0.15, 0.2) is 22.6 Å². The highest BCUT2D eigenvalue weighted by molar-refractivity contribution is 7.16. The summed E-state index contributed by atoms with van der Waals surface area (Å²) in [6.07, 6.45) is 3.36. The number of hydrogen-bond acceptors (Lipinski definition) is 5. The summed E-state index contributed by atoms with van der Waals surface area (Å²) in [5.74, 6) is -1.80. The monoisotopic (exact) mass is 321 g/mol. The van der Waals surface area contributed by atoms with E-state index in [1.54, 1.807) is 11.4 Å². The van der Waals surface area contributed by atoms with Crippen LogP contribution in [0, 0.1) is 5.92 Å². The lowest BCUT2D eigenvalue weighted by Gasteiger charge is -2.17. The minimum Gasteiger partial charge on any atom is -0.481 e. The molecule has 2 heterocycles. The van der Waals surface area contributed by atoms with Gasteiger partial charge in [-0.05, 0) is 24.3 Å². The first-order chi connectivity index (χ1) is 10.6. The van der Waals surface area contributed by atoms with Gasteiger partial charge in [0.05, 0.1) is 17.6 Å². The van der Waals surface area contributed by atoms with E-state index >= 15 is 0 Å². The lowest BCUT2D eigenvalue weighted by Crippen LogP contribution is -2.42. The number of carbonyl (C=O) groups excluding carboxylic acids is 1. The van der Waals surface area contributed by atoms with E-state index in [-0.39, 0.29) is 24.1 Å². The van der Waals surface area contributed by atoms with E-state index in [1.165, 1.54) is 22.2 Å². The number of nitrogens with one attached hydrogen (secondary N) is 1. The number of aliphatic carboxylic acids is 1. The smallest absolute Gasteiger partial charge is 0.308 e. The molecule has 116 valence electrons. The van der Waals surface area contributed by atoms with Crippen molar-refractivity contribution in [3.05, 3.63) is 28.1 Å². The highest BCUT2D eigenvalue weighted by Gasteiger charge is 2.33. The van der Waals surface area contributed by atoms with Crippen LogP contribution in [0.5, 0.6) is 0 Å². The SMILES string of the molecule is O=C(Cn1cnc2sccc2c1=O)N[C@H]1CCC[C@H]1C(=O)O. The lowest BCUT2D eigenvalue weighted by atomic mass is 10.0. The third-order valence-corrected chi connectivity index (χ3v) is 4.76. The maximum atomic E-state index is 12.2. The van der Waals surface area contributed by atoms with Gasteiger partial charge in [-0.3, -0.25) is 19.0 Å². The van der Waals surface area contributed by atoms with E-state index in [4.69, 9.17) is 5.11 Å². The summed E-state index contributed by atoms with van der Waals surface area (Å²) in [6.45, 7) is -0.152. The maximum Gasteiger partial charge on any atom is 0.308 e. The summed E-state index contributed by atoms with van der Waals surface area (Å²) < 4.78 is 1.25. The van der Waals surface area contributed by atoms with Crippen LogP contribution < -0.4 is 10.9 Å². The molecular weight excluding hydrogens is 306 g/mol. The van der Waals surface area contributed by atoms with Crippen molar-refractivity contribution < 1.29 is 14.7 Å². The molecule has 8 heteroatoms. The normalized spacial score (nSPS) is 21.1. The van der Waals surface area contributed by atoms with Crippen LogP contribution in [0.4, 0.5) is 0 Å². The molecule has 2 aromatic rings. The fourth-order valence-corrected chi connectivity index (χ4v) is 3.56. The number of amides is 1. The molecule has 2 aromatic heterocycles. The van der Waals surface area contributed by atoms with E-state index in [0.717, 1.165) is 6.42 Å². The Hall–Kier alpha value is -2.22. The van der Waals surface area contributed by atoms with Crippen molar-refractivity contribution in [2.24, 2.45) is 5.92 Å². The molecule has 2 atom stereocenters. The molecule has 3 rings (SSSR count). The standard InChI is InChI=1S/C14H15N3O4S/c18-11(16-10-3-1-2-8(10)14(20)21)6-17-7-15-12-9(13(17)19)4-5-22-12/h4-5,7-8,10H,1-3,6H2,(H,16,18)(H,20,21)/t8-,10+/m1/s1. The minimum absolute atomic E-state index is 0.152. The van der Waals surface area contributed by atoms with E-state index in [9.17, 15) is 14.4 Å². The molecule has 22 heavy (non-hydrogen) atoms. The molecule has 1 saturated carbocycles. The Bertz CT molecular complexity index is 782. The number of thiophene rings is 1. The van der Waals surface area contributed by atoms with Crippen LogP contribution in [0.1, 0.15) is 19.3 Å². The zero-order valence-electron chi connectivity index (χ0n) is 11.7. The molecule has 1 aliphatic rings. The second-order valence-corrected chi connectivity index (χ2v) is 6.26. The molecule has 0 bridgehead atoms. The Morgan fingerprint density at radius 3 is 3.05 bits per heavy atom. The molecule has 1 fully saturated rings. The van der Waals surface area contributed by atoms with Gasteiger partial charge in [-0.2, -0.15) is 0 Å². The second-order valence-electron chi connectivity index (χ2n) is 5.37. The molecule has 2 N–H and O–H groups in total. The minimum atomic E-state index is -0.888. The number of carbonyl (C=O) groups is 2. The first kappa shape index (κ1) is 14.7. The van der Waals surface area contributed by atoms with Crippen LogP contribution in [0.25, 0.3) is 10.2 Å². The molecule has 7 nitrogen and oxygen atoms in total. The van der Waals surface area contributed by atoms with Gasteiger partial charge in [0.1, 0.15) is 11.4 Å². The summed E-state index contributed by atoms with van der Waals surface area (Å²) in [4.78, 5) is 40.2. The van der Waals surface area contributed by atoms with Crippen LogP contribution in [0.3, 0.4) is 0 Å². The summed E-state index contributed by atoms with van der Waals surface area (Å²) in [7, 11) is 0. The van der Waals surface area contributed by atoms with E-state index < -0.39 is 11.9 Å². The van der Waals surface area contributed by atoms with Crippen LogP contribution in [-0.2, 0) is 16.1 Å². The van der Waals surface area contributed by atoms with Crippen molar-refractivity contribution >= 4 is 33.4 Å². The Kier molecular flexibility index (Phi) is 3.93. The van der Waals surface area contributed by atoms with Crippen LogP contribution >= 0.6 is 11.3 Å². The quantitative estimate of drug-likeness (QED) is 0.868. The molecule has 0 radical (unpaired) electrons. The van der Waals surface area contributed by atoms with Gasteiger partial charge < -0.3 is 10.4 Å². The molecule has 0 aromatic carbocycles. The molecule has 0 aliphatic heterocycles. The molecule has 0 saturated heterocycles. The number of hydrogen-bond donors (Lipinski definition) is 2. The van der Waals surface area contributed by atoms with Crippen molar-refractivity contribution in [2.75, 3.05) is 0 Å². The average Bonchev–Trinajstić information content (AvgIpc) is 3.10. The summed E-state index contributed by atoms with van der Waals surface area (Å²) >= 11 is 1.37.